The van der Waals surface area contributed by atoms with Gasteiger partial charge in [0, 0.05) is 11.9 Å². The van der Waals surface area contributed by atoms with Gasteiger partial charge in [0.15, 0.2) is 0 Å². The van der Waals surface area contributed by atoms with Crippen molar-refractivity contribution in [3.8, 4) is 0 Å². The molecule has 0 unspecified atom stereocenters. The number of amides is 1. The van der Waals surface area contributed by atoms with Crippen LogP contribution in [0.15, 0.2) is 42.5 Å². The number of hydrogen-bond donors (Lipinski definition) is 1. The Hall–Kier alpha value is -1.03. The van der Waals surface area contributed by atoms with Crippen LogP contribution in [0.2, 0.25) is 10.0 Å². The van der Waals surface area contributed by atoms with E-state index in [9.17, 15) is 4.79 Å². The lowest BCUT2D eigenvalue weighted by Gasteiger charge is -2.09. The van der Waals surface area contributed by atoms with Crippen LogP contribution in [0.5, 0.6) is 0 Å². The standard InChI is InChI=1S/C15H12BrCl2NO/c16-8-10-3-1-4-11(7-10)9-19-15(20)14-12(17)5-2-6-13(14)18/h1-7H,8-9H2,(H,19,20). The number of carbonyl (C=O) groups is 1. The molecule has 20 heavy (non-hydrogen) atoms. The number of nitrogens with one attached hydrogen (secondary N) is 1. The Morgan fingerprint density at radius 2 is 1.65 bits per heavy atom. The van der Waals surface area contributed by atoms with Crippen LogP contribution in [-0.2, 0) is 11.9 Å². The fourth-order valence-electron chi connectivity index (χ4n) is 1.81. The van der Waals surface area contributed by atoms with Crippen LogP contribution in [-0.4, -0.2) is 5.91 Å². The number of alkyl halides is 1. The zero-order valence-electron chi connectivity index (χ0n) is 10.5. The highest BCUT2D eigenvalue weighted by Crippen LogP contribution is 2.24. The van der Waals surface area contributed by atoms with Crippen LogP contribution in [0.4, 0.5) is 0 Å². The van der Waals surface area contributed by atoms with Crippen molar-refractivity contribution in [1.29, 1.82) is 0 Å². The van der Waals surface area contributed by atoms with E-state index in [1.165, 1.54) is 0 Å². The number of benzene rings is 2. The lowest BCUT2D eigenvalue weighted by Crippen LogP contribution is -2.23. The van der Waals surface area contributed by atoms with Gasteiger partial charge in [-0.1, -0.05) is 69.5 Å². The lowest BCUT2D eigenvalue weighted by atomic mass is 10.1. The van der Waals surface area contributed by atoms with E-state index in [1.54, 1.807) is 18.2 Å². The highest BCUT2D eigenvalue weighted by atomic mass is 79.9. The van der Waals surface area contributed by atoms with Crippen LogP contribution >= 0.6 is 39.1 Å². The van der Waals surface area contributed by atoms with Gasteiger partial charge in [0.1, 0.15) is 0 Å². The van der Waals surface area contributed by atoms with E-state index >= 15 is 0 Å². The molecule has 0 fully saturated rings. The smallest absolute Gasteiger partial charge is 0.254 e. The van der Waals surface area contributed by atoms with Crippen molar-refractivity contribution in [3.05, 3.63) is 69.2 Å². The molecule has 1 amide bonds. The third kappa shape index (κ3) is 3.75. The fraction of sp³-hybridized carbons (Fsp3) is 0.133. The summed E-state index contributed by atoms with van der Waals surface area (Å²) in [4.78, 5) is 12.1. The Kier molecular flexibility index (Phi) is 5.46. The summed E-state index contributed by atoms with van der Waals surface area (Å²) in [6.45, 7) is 0.432. The molecule has 2 aromatic carbocycles. The van der Waals surface area contributed by atoms with Gasteiger partial charge in [0.25, 0.3) is 5.91 Å². The molecule has 0 aliphatic heterocycles. The molecule has 2 aromatic rings. The first kappa shape index (κ1) is 15.4. The number of carbonyl (C=O) groups excluding carboxylic acids is 1. The molecule has 0 saturated heterocycles. The Bertz CT molecular complexity index is 611. The maximum atomic E-state index is 12.1. The molecule has 5 heteroatoms. The quantitative estimate of drug-likeness (QED) is 0.766. The van der Waals surface area contributed by atoms with E-state index in [1.807, 2.05) is 24.3 Å². The summed E-state index contributed by atoms with van der Waals surface area (Å²) in [6, 6.07) is 13.0. The highest BCUT2D eigenvalue weighted by molar-refractivity contribution is 9.08. The maximum Gasteiger partial charge on any atom is 0.254 e. The van der Waals surface area contributed by atoms with E-state index in [-0.39, 0.29) is 5.91 Å². The molecule has 1 N–H and O–H groups in total. The van der Waals surface area contributed by atoms with Crippen molar-refractivity contribution >= 4 is 45.0 Å². The molecule has 2 rings (SSSR count). The Morgan fingerprint density at radius 3 is 2.30 bits per heavy atom. The van der Waals surface area contributed by atoms with Gasteiger partial charge in [-0.2, -0.15) is 0 Å². The van der Waals surface area contributed by atoms with Crippen molar-refractivity contribution in [1.82, 2.24) is 5.32 Å². The summed E-state index contributed by atoms with van der Waals surface area (Å²) in [5, 5.41) is 4.31. The monoisotopic (exact) mass is 371 g/mol. The predicted molar refractivity (Wildman–Crippen MR) is 86.7 cm³/mol. The van der Waals surface area contributed by atoms with Gasteiger partial charge in [0.2, 0.25) is 0 Å². The Morgan fingerprint density at radius 1 is 1.05 bits per heavy atom. The largest absolute Gasteiger partial charge is 0.348 e. The van der Waals surface area contributed by atoms with Crippen molar-refractivity contribution in [2.45, 2.75) is 11.9 Å². The summed E-state index contributed by atoms with van der Waals surface area (Å²) in [7, 11) is 0. The summed E-state index contributed by atoms with van der Waals surface area (Å²) >= 11 is 15.4. The molecule has 104 valence electrons. The van der Waals surface area contributed by atoms with Crippen molar-refractivity contribution < 1.29 is 4.79 Å². The Balaban J connectivity index is 2.09. The average Bonchev–Trinajstić information content (AvgIpc) is 2.45. The van der Waals surface area contributed by atoms with E-state index in [0.717, 1.165) is 16.5 Å². The minimum Gasteiger partial charge on any atom is -0.348 e. The van der Waals surface area contributed by atoms with E-state index in [2.05, 4.69) is 21.2 Å². The molecule has 0 aliphatic carbocycles. The first-order chi connectivity index (χ1) is 9.61. The zero-order chi connectivity index (χ0) is 14.5. The molecule has 2 nitrogen and oxygen atoms in total. The fourth-order valence-corrected chi connectivity index (χ4v) is 2.73. The molecule has 0 heterocycles. The molecule has 0 saturated carbocycles. The van der Waals surface area contributed by atoms with E-state index in [4.69, 9.17) is 23.2 Å². The van der Waals surface area contributed by atoms with Crippen molar-refractivity contribution in [2.75, 3.05) is 0 Å². The summed E-state index contributed by atoms with van der Waals surface area (Å²) in [6.07, 6.45) is 0. The highest BCUT2D eigenvalue weighted by Gasteiger charge is 2.13. The van der Waals surface area contributed by atoms with Gasteiger partial charge in [0.05, 0.1) is 15.6 Å². The van der Waals surface area contributed by atoms with Crippen LogP contribution < -0.4 is 5.32 Å². The number of rotatable bonds is 4. The van der Waals surface area contributed by atoms with Crippen molar-refractivity contribution in [2.24, 2.45) is 0 Å². The first-order valence-electron chi connectivity index (χ1n) is 5.98. The average molecular weight is 373 g/mol. The number of halogens is 3. The van der Waals surface area contributed by atoms with E-state index < -0.39 is 0 Å². The summed E-state index contributed by atoms with van der Waals surface area (Å²) < 4.78 is 0. The minimum absolute atomic E-state index is 0.273. The van der Waals surface area contributed by atoms with Crippen molar-refractivity contribution in [3.63, 3.8) is 0 Å². The molecule has 0 radical (unpaired) electrons. The normalized spacial score (nSPS) is 10.3. The van der Waals surface area contributed by atoms with Gasteiger partial charge in [-0.15, -0.1) is 0 Å². The van der Waals surface area contributed by atoms with Gasteiger partial charge >= 0.3 is 0 Å². The third-order valence-electron chi connectivity index (χ3n) is 2.79. The molecular formula is C15H12BrCl2NO. The predicted octanol–water partition coefficient (Wildman–Crippen LogP) is 4.82. The number of hydrogen-bond acceptors (Lipinski definition) is 1. The van der Waals surface area contributed by atoms with Crippen LogP contribution in [0.1, 0.15) is 21.5 Å². The van der Waals surface area contributed by atoms with Gasteiger partial charge < -0.3 is 5.32 Å². The molecule has 0 aromatic heterocycles. The van der Waals surface area contributed by atoms with Crippen LogP contribution in [0, 0.1) is 0 Å². The van der Waals surface area contributed by atoms with E-state index in [0.29, 0.717) is 22.2 Å². The molecule has 0 spiro atoms. The SMILES string of the molecule is O=C(NCc1cccc(CBr)c1)c1c(Cl)cccc1Cl. The summed E-state index contributed by atoms with van der Waals surface area (Å²) in [5.41, 5.74) is 2.50. The minimum atomic E-state index is -0.273. The summed E-state index contributed by atoms with van der Waals surface area (Å²) in [5.74, 6) is -0.273. The Labute approximate surface area is 136 Å². The van der Waals surface area contributed by atoms with Gasteiger partial charge in [-0.3, -0.25) is 4.79 Å². The van der Waals surface area contributed by atoms with Crippen LogP contribution in [0.25, 0.3) is 0 Å². The first-order valence-corrected chi connectivity index (χ1v) is 7.85. The zero-order valence-corrected chi connectivity index (χ0v) is 13.6. The molecule has 0 aliphatic rings. The molecule has 0 atom stereocenters. The second-order valence-electron chi connectivity index (χ2n) is 4.23. The lowest BCUT2D eigenvalue weighted by molar-refractivity contribution is 0.0951. The molecular weight excluding hydrogens is 361 g/mol. The van der Waals surface area contributed by atoms with Gasteiger partial charge in [-0.25, -0.2) is 0 Å². The maximum absolute atomic E-state index is 12.1. The second kappa shape index (κ2) is 7.11. The second-order valence-corrected chi connectivity index (χ2v) is 5.61. The topological polar surface area (TPSA) is 29.1 Å². The third-order valence-corrected chi connectivity index (χ3v) is 4.07. The van der Waals surface area contributed by atoms with Gasteiger partial charge in [-0.05, 0) is 23.3 Å². The van der Waals surface area contributed by atoms with Crippen LogP contribution in [0.3, 0.4) is 0 Å². The molecule has 0 bridgehead atoms.